The summed E-state index contributed by atoms with van der Waals surface area (Å²) in [5.74, 6) is 0. The van der Waals surface area contributed by atoms with Crippen LogP contribution >= 0.6 is 0 Å². The largest absolute Gasteiger partial charge is 0.446 e. The fourth-order valence-corrected chi connectivity index (χ4v) is 2.59. The average molecular weight is 282 g/mol. The predicted molar refractivity (Wildman–Crippen MR) is 67.2 cm³/mol. The summed E-state index contributed by atoms with van der Waals surface area (Å²) >= 11 is 0. The molecule has 0 bridgehead atoms. The summed E-state index contributed by atoms with van der Waals surface area (Å²) in [5.41, 5.74) is 0. The zero-order chi connectivity index (χ0) is 14.3. The van der Waals surface area contributed by atoms with Gasteiger partial charge in [0.25, 0.3) is 0 Å². The highest BCUT2D eigenvalue weighted by molar-refractivity contribution is 7.87. The Morgan fingerprint density at radius 2 is 1.89 bits per heavy atom. The van der Waals surface area contributed by atoms with E-state index in [9.17, 15) is 13.2 Å². The molecule has 0 fully saturated rings. The van der Waals surface area contributed by atoms with E-state index in [0.717, 1.165) is 4.31 Å². The number of hydrogen-bond donors (Lipinski definition) is 2. The predicted octanol–water partition coefficient (Wildman–Crippen LogP) is 0.459. The van der Waals surface area contributed by atoms with Crippen molar-refractivity contribution in [2.75, 3.05) is 13.2 Å². The molecule has 0 radical (unpaired) electrons. The third-order valence-electron chi connectivity index (χ3n) is 1.98. The Bertz CT molecular complexity index is 353. The Morgan fingerprint density at radius 1 is 1.33 bits per heavy atom. The topological polar surface area (TPSA) is 95.9 Å². The number of carbonyl (C=O) groups excluding carboxylic acids is 1. The highest BCUT2D eigenvalue weighted by atomic mass is 32.2. The van der Waals surface area contributed by atoms with Crippen LogP contribution in [0, 0.1) is 0 Å². The second-order valence-electron chi connectivity index (χ2n) is 4.34. The van der Waals surface area contributed by atoms with Crippen molar-refractivity contribution in [3.05, 3.63) is 0 Å². The van der Waals surface area contributed by atoms with E-state index >= 15 is 0 Å². The first-order valence-electron chi connectivity index (χ1n) is 5.81. The quantitative estimate of drug-likeness (QED) is 0.707. The first-order valence-corrected chi connectivity index (χ1v) is 7.25. The van der Waals surface area contributed by atoms with Crippen molar-refractivity contribution in [1.82, 2.24) is 9.03 Å². The van der Waals surface area contributed by atoms with Crippen LogP contribution in [0.3, 0.4) is 0 Å². The van der Waals surface area contributed by atoms with Gasteiger partial charge < -0.3 is 9.84 Å². The fraction of sp³-hybridized carbons (Fsp3) is 0.900. The van der Waals surface area contributed by atoms with Gasteiger partial charge in [0.05, 0.1) is 6.10 Å². The van der Waals surface area contributed by atoms with Crippen LogP contribution in [0.25, 0.3) is 0 Å². The Morgan fingerprint density at radius 3 is 2.28 bits per heavy atom. The van der Waals surface area contributed by atoms with Crippen molar-refractivity contribution in [2.24, 2.45) is 0 Å². The zero-order valence-electron chi connectivity index (χ0n) is 11.2. The number of aliphatic hydroxyl groups is 1. The highest BCUT2D eigenvalue weighted by Crippen LogP contribution is 2.06. The van der Waals surface area contributed by atoms with Crippen LogP contribution < -0.4 is 4.72 Å². The minimum atomic E-state index is -3.94. The first-order chi connectivity index (χ1) is 8.20. The molecule has 1 amide bonds. The van der Waals surface area contributed by atoms with Gasteiger partial charge in [-0.2, -0.15) is 12.7 Å². The number of aliphatic hydroxyl groups excluding tert-OH is 1. The lowest BCUT2D eigenvalue weighted by molar-refractivity contribution is 0.120. The Hall–Kier alpha value is -0.860. The van der Waals surface area contributed by atoms with Gasteiger partial charge in [0.1, 0.15) is 0 Å². The number of nitrogens with one attached hydrogen (secondary N) is 1. The van der Waals surface area contributed by atoms with Crippen LogP contribution in [0.4, 0.5) is 4.79 Å². The van der Waals surface area contributed by atoms with Gasteiger partial charge in [-0.3, -0.25) is 0 Å². The smallest absolute Gasteiger partial charge is 0.422 e. The SMILES string of the molecule is CC(C)OC(=O)NS(=O)(=O)N(CCCO)C(C)C. The van der Waals surface area contributed by atoms with Crippen LogP contribution in [-0.2, 0) is 14.9 Å². The summed E-state index contributed by atoms with van der Waals surface area (Å²) in [6, 6.07) is -0.319. The van der Waals surface area contributed by atoms with E-state index in [-0.39, 0.29) is 19.2 Å². The molecule has 0 aromatic heterocycles. The van der Waals surface area contributed by atoms with E-state index in [1.165, 1.54) is 0 Å². The van der Waals surface area contributed by atoms with Crippen molar-refractivity contribution in [1.29, 1.82) is 0 Å². The van der Waals surface area contributed by atoms with Gasteiger partial charge in [-0.1, -0.05) is 0 Å². The number of rotatable bonds is 7. The molecule has 2 N–H and O–H groups in total. The van der Waals surface area contributed by atoms with Crippen molar-refractivity contribution in [3.8, 4) is 0 Å². The van der Waals surface area contributed by atoms with Gasteiger partial charge in [-0.25, -0.2) is 9.52 Å². The summed E-state index contributed by atoms with van der Waals surface area (Å²) in [6.45, 7) is 6.64. The first kappa shape index (κ1) is 17.1. The Labute approximate surface area is 108 Å². The van der Waals surface area contributed by atoms with E-state index < -0.39 is 22.4 Å². The highest BCUT2D eigenvalue weighted by Gasteiger charge is 2.27. The lowest BCUT2D eigenvalue weighted by Gasteiger charge is -2.25. The molecule has 0 aromatic rings. The van der Waals surface area contributed by atoms with Crippen LogP contribution in [0.2, 0.25) is 0 Å². The van der Waals surface area contributed by atoms with Crippen LogP contribution in [0.5, 0.6) is 0 Å². The van der Waals surface area contributed by atoms with Crippen molar-refractivity contribution in [2.45, 2.75) is 46.3 Å². The molecule has 108 valence electrons. The van der Waals surface area contributed by atoms with E-state index in [1.807, 2.05) is 4.72 Å². The third kappa shape index (κ3) is 6.18. The summed E-state index contributed by atoms with van der Waals surface area (Å²) in [6.07, 6.45) is -1.09. The number of hydrogen-bond acceptors (Lipinski definition) is 5. The van der Waals surface area contributed by atoms with E-state index in [4.69, 9.17) is 9.84 Å². The summed E-state index contributed by atoms with van der Waals surface area (Å²) in [4.78, 5) is 11.3. The van der Waals surface area contributed by atoms with Crippen molar-refractivity contribution >= 4 is 16.3 Å². The number of amides is 1. The molecule has 18 heavy (non-hydrogen) atoms. The van der Waals surface area contributed by atoms with Crippen LogP contribution in [-0.4, -0.2) is 49.2 Å². The molecule has 0 aromatic carbocycles. The average Bonchev–Trinajstić information content (AvgIpc) is 2.14. The lowest BCUT2D eigenvalue weighted by Crippen LogP contribution is -2.47. The van der Waals surface area contributed by atoms with Crippen LogP contribution in [0.15, 0.2) is 0 Å². The molecule has 0 heterocycles. The van der Waals surface area contributed by atoms with Gasteiger partial charge in [-0.15, -0.1) is 0 Å². The maximum Gasteiger partial charge on any atom is 0.422 e. The van der Waals surface area contributed by atoms with E-state index in [2.05, 4.69) is 0 Å². The van der Waals surface area contributed by atoms with Gasteiger partial charge in [0.15, 0.2) is 0 Å². The van der Waals surface area contributed by atoms with Crippen molar-refractivity contribution < 1.29 is 23.1 Å². The zero-order valence-corrected chi connectivity index (χ0v) is 12.0. The summed E-state index contributed by atoms with van der Waals surface area (Å²) in [5, 5.41) is 8.73. The molecular formula is C10H22N2O5S. The molecule has 0 atom stereocenters. The number of carbonyl (C=O) groups is 1. The summed E-state index contributed by atoms with van der Waals surface area (Å²) in [7, 11) is -3.94. The molecule has 8 heteroatoms. The maximum atomic E-state index is 11.9. The molecule has 7 nitrogen and oxygen atoms in total. The van der Waals surface area contributed by atoms with Gasteiger partial charge in [-0.05, 0) is 34.1 Å². The normalized spacial score (nSPS) is 12.2. The minimum absolute atomic E-state index is 0.116. The minimum Gasteiger partial charge on any atom is -0.446 e. The van der Waals surface area contributed by atoms with E-state index in [1.54, 1.807) is 27.7 Å². The van der Waals surface area contributed by atoms with Crippen LogP contribution in [0.1, 0.15) is 34.1 Å². The third-order valence-corrected chi connectivity index (χ3v) is 3.62. The second kappa shape index (κ2) is 7.55. The molecule has 0 saturated heterocycles. The van der Waals surface area contributed by atoms with Gasteiger partial charge >= 0.3 is 16.3 Å². The maximum absolute atomic E-state index is 11.9. The molecular weight excluding hydrogens is 260 g/mol. The van der Waals surface area contributed by atoms with E-state index in [0.29, 0.717) is 6.42 Å². The molecule has 0 spiro atoms. The monoisotopic (exact) mass is 282 g/mol. The molecule has 0 aliphatic heterocycles. The molecule has 0 rings (SSSR count). The Balaban J connectivity index is 4.69. The summed E-state index contributed by atoms with van der Waals surface area (Å²) < 4.78 is 31.5. The molecule has 0 saturated carbocycles. The molecule has 0 aliphatic rings. The fourth-order valence-electron chi connectivity index (χ4n) is 1.28. The number of ether oxygens (including phenoxy) is 1. The van der Waals surface area contributed by atoms with Crippen molar-refractivity contribution in [3.63, 3.8) is 0 Å². The molecule has 0 aliphatic carbocycles. The van der Waals surface area contributed by atoms with Gasteiger partial charge in [0.2, 0.25) is 0 Å². The standard InChI is InChI=1S/C10H22N2O5S/c1-8(2)12(6-5-7-13)18(15,16)11-10(14)17-9(3)4/h8-9,13H,5-7H2,1-4H3,(H,11,14). The lowest BCUT2D eigenvalue weighted by atomic mass is 10.3. The second-order valence-corrected chi connectivity index (χ2v) is 5.97. The number of nitrogens with zero attached hydrogens (tertiary/aromatic N) is 1. The van der Waals surface area contributed by atoms with Gasteiger partial charge in [0, 0.05) is 19.2 Å². The Kier molecular flexibility index (Phi) is 7.19. The molecule has 0 unspecified atom stereocenters.